The van der Waals surface area contributed by atoms with E-state index in [0.29, 0.717) is 12.2 Å². The summed E-state index contributed by atoms with van der Waals surface area (Å²) in [6.07, 6.45) is 2.18. The maximum absolute atomic E-state index is 11.8. The first-order chi connectivity index (χ1) is 9.63. The summed E-state index contributed by atoms with van der Waals surface area (Å²) in [5.74, 6) is 1.39. The first-order valence-electron chi connectivity index (χ1n) is 6.55. The highest BCUT2D eigenvalue weighted by molar-refractivity contribution is 7.99. The minimum atomic E-state index is 0.00251. The molecule has 0 saturated carbocycles. The summed E-state index contributed by atoms with van der Waals surface area (Å²) in [6, 6.07) is 12.1. The van der Waals surface area contributed by atoms with E-state index in [0.717, 1.165) is 11.3 Å². The number of carbonyl (C=O) groups excluding carboxylic acids is 1. The van der Waals surface area contributed by atoms with Gasteiger partial charge in [0.05, 0.1) is 0 Å². The predicted octanol–water partition coefficient (Wildman–Crippen LogP) is 3.82. The van der Waals surface area contributed by atoms with Crippen LogP contribution in [0.3, 0.4) is 0 Å². The van der Waals surface area contributed by atoms with Gasteiger partial charge < -0.3 is 5.32 Å². The Labute approximate surface area is 123 Å². The van der Waals surface area contributed by atoms with Gasteiger partial charge in [-0.3, -0.25) is 4.79 Å². The summed E-state index contributed by atoms with van der Waals surface area (Å²) >= 11 is 1.69. The summed E-state index contributed by atoms with van der Waals surface area (Å²) in [5, 5.41) is 2.81. The number of carbonyl (C=O) groups is 1. The van der Waals surface area contributed by atoms with Crippen molar-refractivity contribution in [2.24, 2.45) is 0 Å². The lowest BCUT2D eigenvalue weighted by molar-refractivity contribution is -0.115. The number of anilines is 1. The summed E-state index contributed by atoms with van der Waals surface area (Å²) in [5.41, 5.74) is 2.34. The van der Waals surface area contributed by atoms with Gasteiger partial charge in [-0.15, -0.1) is 11.8 Å². The fourth-order valence-corrected chi connectivity index (χ4v) is 2.56. The Balaban J connectivity index is 1.76. The molecule has 0 radical (unpaired) electrons. The van der Waals surface area contributed by atoms with E-state index in [1.165, 1.54) is 10.5 Å². The first kappa shape index (κ1) is 14.6. The zero-order chi connectivity index (χ0) is 14.4. The number of benzene rings is 1. The van der Waals surface area contributed by atoms with Crippen LogP contribution in [0.4, 0.5) is 5.82 Å². The number of pyridine rings is 1. The monoisotopic (exact) mass is 286 g/mol. The molecule has 20 heavy (non-hydrogen) atoms. The third-order valence-corrected chi connectivity index (χ3v) is 3.82. The fourth-order valence-electron chi connectivity index (χ4n) is 1.71. The van der Waals surface area contributed by atoms with Crippen LogP contribution in [0.2, 0.25) is 0 Å². The molecule has 0 fully saturated rings. The summed E-state index contributed by atoms with van der Waals surface area (Å²) < 4.78 is 0. The second kappa shape index (κ2) is 7.10. The Morgan fingerprint density at radius 1 is 1.15 bits per heavy atom. The van der Waals surface area contributed by atoms with Gasteiger partial charge in [-0.25, -0.2) is 4.98 Å². The number of hydrogen-bond acceptors (Lipinski definition) is 3. The molecule has 0 aliphatic heterocycles. The standard InChI is InChI=1S/C16H18N2OS/c1-12-3-5-14(6-4-12)20-10-8-16(19)18-15-11-13(2)7-9-17-15/h3-7,9,11H,8,10H2,1-2H3,(H,17,18,19). The molecule has 0 unspecified atom stereocenters. The van der Waals surface area contributed by atoms with Crippen molar-refractivity contribution in [3.63, 3.8) is 0 Å². The number of hydrogen-bond donors (Lipinski definition) is 1. The van der Waals surface area contributed by atoms with Gasteiger partial charge in [-0.05, 0) is 43.7 Å². The quantitative estimate of drug-likeness (QED) is 0.850. The summed E-state index contributed by atoms with van der Waals surface area (Å²) in [4.78, 5) is 17.1. The number of rotatable bonds is 5. The van der Waals surface area contributed by atoms with Crippen LogP contribution >= 0.6 is 11.8 Å². The molecule has 3 nitrogen and oxygen atoms in total. The average Bonchev–Trinajstić information content (AvgIpc) is 2.41. The van der Waals surface area contributed by atoms with E-state index in [2.05, 4.69) is 41.5 Å². The molecule has 0 aliphatic rings. The van der Waals surface area contributed by atoms with Crippen LogP contribution in [-0.2, 0) is 4.79 Å². The van der Waals surface area contributed by atoms with E-state index >= 15 is 0 Å². The van der Waals surface area contributed by atoms with Crippen LogP contribution in [0.15, 0.2) is 47.5 Å². The predicted molar refractivity (Wildman–Crippen MR) is 84.1 cm³/mol. The number of amides is 1. The van der Waals surface area contributed by atoms with Gasteiger partial charge in [0.2, 0.25) is 5.91 Å². The van der Waals surface area contributed by atoms with E-state index in [1.54, 1.807) is 18.0 Å². The Hall–Kier alpha value is -1.81. The lowest BCUT2D eigenvalue weighted by atomic mass is 10.2. The second-order valence-corrected chi connectivity index (χ2v) is 5.85. The highest BCUT2D eigenvalue weighted by Crippen LogP contribution is 2.19. The molecule has 0 saturated heterocycles. The number of aryl methyl sites for hydroxylation is 2. The van der Waals surface area contributed by atoms with E-state index < -0.39 is 0 Å². The van der Waals surface area contributed by atoms with Crippen molar-refractivity contribution in [1.29, 1.82) is 0 Å². The highest BCUT2D eigenvalue weighted by atomic mass is 32.2. The summed E-state index contributed by atoms with van der Waals surface area (Å²) in [6.45, 7) is 4.04. The second-order valence-electron chi connectivity index (χ2n) is 4.68. The molecule has 4 heteroatoms. The molecular weight excluding hydrogens is 268 g/mol. The van der Waals surface area contributed by atoms with Crippen molar-refractivity contribution in [2.45, 2.75) is 25.2 Å². The molecule has 1 amide bonds. The van der Waals surface area contributed by atoms with Crippen molar-refractivity contribution >= 4 is 23.5 Å². The van der Waals surface area contributed by atoms with Crippen LogP contribution in [0.1, 0.15) is 17.5 Å². The Bertz CT molecular complexity index is 581. The largest absolute Gasteiger partial charge is 0.311 e. The molecule has 1 aromatic heterocycles. The zero-order valence-corrected chi connectivity index (χ0v) is 12.5. The average molecular weight is 286 g/mol. The molecule has 104 valence electrons. The number of aromatic nitrogens is 1. The normalized spacial score (nSPS) is 10.3. The van der Waals surface area contributed by atoms with Gasteiger partial charge in [0, 0.05) is 23.3 Å². The molecule has 1 aromatic carbocycles. The van der Waals surface area contributed by atoms with Crippen molar-refractivity contribution < 1.29 is 4.79 Å². The number of thioether (sulfide) groups is 1. The Morgan fingerprint density at radius 3 is 2.60 bits per heavy atom. The van der Waals surface area contributed by atoms with E-state index in [1.807, 2.05) is 19.1 Å². The maximum Gasteiger partial charge on any atom is 0.226 e. The molecule has 2 aromatic rings. The fraction of sp³-hybridized carbons (Fsp3) is 0.250. The lowest BCUT2D eigenvalue weighted by Gasteiger charge is -2.05. The molecular formula is C16H18N2OS. The molecule has 0 aliphatic carbocycles. The van der Waals surface area contributed by atoms with Crippen LogP contribution in [0.25, 0.3) is 0 Å². The van der Waals surface area contributed by atoms with Gasteiger partial charge >= 0.3 is 0 Å². The highest BCUT2D eigenvalue weighted by Gasteiger charge is 2.04. The SMILES string of the molecule is Cc1ccc(SCCC(=O)Nc2cc(C)ccn2)cc1. The molecule has 0 atom stereocenters. The minimum absolute atomic E-state index is 0.00251. The maximum atomic E-state index is 11.8. The zero-order valence-electron chi connectivity index (χ0n) is 11.7. The van der Waals surface area contributed by atoms with Gasteiger partial charge in [-0.2, -0.15) is 0 Å². The van der Waals surface area contributed by atoms with E-state index in [4.69, 9.17) is 0 Å². The van der Waals surface area contributed by atoms with Crippen LogP contribution < -0.4 is 5.32 Å². The molecule has 1 heterocycles. The topological polar surface area (TPSA) is 42.0 Å². The van der Waals surface area contributed by atoms with Gasteiger partial charge in [-0.1, -0.05) is 17.7 Å². The van der Waals surface area contributed by atoms with Crippen LogP contribution in [-0.4, -0.2) is 16.6 Å². The molecule has 2 rings (SSSR count). The van der Waals surface area contributed by atoms with Crippen molar-refractivity contribution in [3.05, 3.63) is 53.7 Å². The van der Waals surface area contributed by atoms with Crippen LogP contribution in [0, 0.1) is 13.8 Å². The third-order valence-electron chi connectivity index (χ3n) is 2.80. The molecule has 0 spiro atoms. The van der Waals surface area contributed by atoms with Crippen LogP contribution in [0.5, 0.6) is 0 Å². The number of nitrogens with zero attached hydrogens (tertiary/aromatic N) is 1. The van der Waals surface area contributed by atoms with E-state index in [9.17, 15) is 4.79 Å². The van der Waals surface area contributed by atoms with Gasteiger partial charge in [0.25, 0.3) is 0 Å². The third kappa shape index (κ3) is 4.70. The number of nitrogens with one attached hydrogen (secondary N) is 1. The Morgan fingerprint density at radius 2 is 1.90 bits per heavy atom. The minimum Gasteiger partial charge on any atom is -0.311 e. The Kier molecular flexibility index (Phi) is 5.18. The smallest absolute Gasteiger partial charge is 0.226 e. The van der Waals surface area contributed by atoms with Crippen molar-refractivity contribution in [1.82, 2.24) is 4.98 Å². The molecule has 1 N–H and O–H groups in total. The van der Waals surface area contributed by atoms with Crippen molar-refractivity contribution in [3.8, 4) is 0 Å². The van der Waals surface area contributed by atoms with Crippen molar-refractivity contribution in [2.75, 3.05) is 11.1 Å². The summed E-state index contributed by atoms with van der Waals surface area (Å²) in [7, 11) is 0. The lowest BCUT2D eigenvalue weighted by Crippen LogP contribution is -2.13. The van der Waals surface area contributed by atoms with E-state index in [-0.39, 0.29) is 5.91 Å². The van der Waals surface area contributed by atoms with Gasteiger partial charge in [0.15, 0.2) is 0 Å². The molecule has 0 bridgehead atoms. The van der Waals surface area contributed by atoms with Gasteiger partial charge in [0.1, 0.15) is 5.82 Å². The first-order valence-corrected chi connectivity index (χ1v) is 7.54.